The molecule has 0 aromatic carbocycles. The lowest BCUT2D eigenvalue weighted by molar-refractivity contribution is 0.0928. The van der Waals surface area contributed by atoms with E-state index in [0.29, 0.717) is 18.1 Å². The molecule has 2 unspecified atom stereocenters. The molecule has 1 amide bonds. The monoisotopic (exact) mass is 340 g/mol. The molecule has 4 heterocycles. The largest absolute Gasteiger partial charge is 0.348 e. The lowest BCUT2D eigenvalue weighted by Crippen LogP contribution is -2.47. The summed E-state index contributed by atoms with van der Waals surface area (Å²) in [6.07, 6.45) is 4.64. The van der Waals surface area contributed by atoms with Gasteiger partial charge < -0.3 is 10.6 Å². The minimum absolute atomic E-state index is 0. The topological polar surface area (TPSA) is 59.0 Å². The van der Waals surface area contributed by atoms with Crippen molar-refractivity contribution in [3.05, 3.63) is 16.6 Å². The van der Waals surface area contributed by atoms with Crippen LogP contribution in [0, 0.1) is 6.92 Å². The zero-order chi connectivity index (χ0) is 14.6. The van der Waals surface area contributed by atoms with Gasteiger partial charge in [-0.05, 0) is 38.7 Å². The van der Waals surface area contributed by atoms with Crippen LogP contribution in [0.4, 0.5) is 0 Å². The fourth-order valence-corrected chi connectivity index (χ4v) is 4.78. The zero-order valence-electron chi connectivity index (χ0n) is 12.8. The van der Waals surface area contributed by atoms with Gasteiger partial charge in [0.1, 0.15) is 4.83 Å². The van der Waals surface area contributed by atoms with E-state index in [1.807, 2.05) is 24.7 Å². The number of fused-ring (bicyclic) bond motifs is 3. The van der Waals surface area contributed by atoms with Gasteiger partial charge in [0.2, 0.25) is 0 Å². The van der Waals surface area contributed by atoms with Crippen molar-refractivity contribution in [3.8, 4) is 0 Å². The van der Waals surface area contributed by atoms with E-state index >= 15 is 0 Å². The van der Waals surface area contributed by atoms with Crippen molar-refractivity contribution in [2.24, 2.45) is 7.05 Å². The average molecular weight is 341 g/mol. The van der Waals surface area contributed by atoms with Gasteiger partial charge in [0.25, 0.3) is 5.91 Å². The summed E-state index contributed by atoms with van der Waals surface area (Å²) >= 11 is 1.53. The second-order valence-electron chi connectivity index (χ2n) is 6.32. The summed E-state index contributed by atoms with van der Waals surface area (Å²) in [5, 5.41) is 12.3. The molecule has 2 saturated heterocycles. The first kappa shape index (κ1) is 15.8. The van der Waals surface area contributed by atoms with Gasteiger partial charge in [0.15, 0.2) is 0 Å². The molecule has 2 bridgehead atoms. The van der Waals surface area contributed by atoms with E-state index in [1.165, 1.54) is 24.2 Å². The molecule has 4 rings (SSSR count). The Morgan fingerprint density at radius 1 is 1.41 bits per heavy atom. The minimum Gasteiger partial charge on any atom is -0.348 e. The van der Waals surface area contributed by atoms with Crippen molar-refractivity contribution >= 4 is 39.9 Å². The highest BCUT2D eigenvalue weighted by Gasteiger charge is 2.34. The molecule has 2 aliphatic rings. The molecule has 0 saturated carbocycles. The first-order valence-electron chi connectivity index (χ1n) is 7.60. The molecule has 7 heteroatoms. The summed E-state index contributed by atoms with van der Waals surface area (Å²) in [5.74, 6) is 0.0712. The smallest absolute Gasteiger partial charge is 0.261 e. The van der Waals surface area contributed by atoms with E-state index in [9.17, 15) is 4.79 Å². The number of halogens is 1. The lowest BCUT2D eigenvalue weighted by Gasteiger charge is -2.29. The number of aromatic nitrogens is 2. The molecular weight excluding hydrogens is 320 g/mol. The maximum absolute atomic E-state index is 12.5. The van der Waals surface area contributed by atoms with E-state index in [-0.39, 0.29) is 18.3 Å². The fraction of sp³-hybridized carbons (Fsp3) is 0.600. The van der Waals surface area contributed by atoms with Crippen LogP contribution in [0.5, 0.6) is 0 Å². The highest BCUT2D eigenvalue weighted by Crippen LogP contribution is 2.29. The number of rotatable bonds is 2. The Bertz CT molecular complexity index is 663. The van der Waals surface area contributed by atoms with Crippen molar-refractivity contribution in [2.45, 2.75) is 50.7 Å². The molecule has 0 spiro atoms. The molecule has 120 valence electrons. The molecular formula is C15H21ClN4OS. The lowest BCUT2D eigenvalue weighted by atomic mass is 10.00. The summed E-state index contributed by atoms with van der Waals surface area (Å²) in [5.41, 5.74) is 0.989. The molecule has 2 aliphatic heterocycles. The summed E-state index contributed by atoms with van der Waals surface area (Å²) in [4.78, 5) is 14.4. The number of hydrogen-bond acceptors (Lipinski definition) is 4. The third-order valence-electron chi connectivity index (χ3n) is 4.73. The van der Waals surface area contributed by atoms with E-state index in [2.05, 4.69) is 15.7 Å². The Morgan fingerprint density at radius 3 is 2.73 bits per heavy atom. The minimum atomic E-state index is 0. The van der Waals surface area contributed by atoms with Crippen LogP contribution < -0.4 is 10.6 Å². The van der Waals surface area contributed by atoms with Gasteiger partial charge in [-0.2, -0.15) is 5.10 Å². The first-order valence-corrected chi connectivity index (χ1v) is 8.42. The number of piperidine rings is 1. The van der Waals surface area contributed by atoms with Crippen LogP contribution >= 0.6 is 23.7 Å². The quantitative estimate of drug-likeness (QED) is 0.882. The Hall–Kier alpha value is -1.11. The molecule has 2 aromatic heterocycles. The maximum atomic E-state index is 12.5. The molecule has 0 radical (unpaired) electrons. The van der Waals surface area contributed by atoms with Gasteiger partial charge in [-0.15, -0.1) is 23.7 Å². The first-order chi connectivity index (χ1) is 10.1. The third-order valence-corrected chi connectivity index (χ3v) is 5.93. The summed E-state index contributed by atoms with van der Waals surface area (Å²) in [6, 6.07) is 3.50. The van der Waals surface area contributed by atoms with Gasteiger partial charge in [-0.1, -0.05) is 0 Å². The number of nitrogens with one attached hydrogen (secondary N) is 2. The van der Waals surface area contributed by atoms with Gasteiger partial charge in [0, 0.05) is 30.6 Å². The summed E-state index contributed by atoms with van der Waals surface area (Å²) < 4.78 is 1.86. The summed E-state index contributed by atoms with van der Waals surface area (Å²) in [6.45, 7) is 1.99. The number of carbonyl (C=O) groups excluding carboxylic acids is 1. The number of aryl methyl sites for hydroxylation is 2. The van der Waals surface area contributed by atoms with E-state index in [4.69, 9.17) is 0 Å². The summed E-state index contributed by atoms with van der Waals surface area (Å²) in [7, 11) is 1.93. The second-order valence-corrected chi connectivity index (χ2v) is 7.35. The third kappa shape index (κ3) is 2.64. The van der Waals surface area contributed by atoms with Gasteiger partial charge in [0.05, 0.1) is 10.6 Å². The Kier molecular flexibility index (Phi) is 4.18. The highest BCUT2D eigenvalue weighted by atomic mass is 35.5. The molecule has 0 aliphatic carbocycles. The van der Waals surface area contributed by atoms with Crippen molar-refractivity contribution in [1.29, 1.82) is 0 Å². The normalized spacial score (nSPS) is 26.9. The van der Waals surface area contributed by atoms with Crippen LogP contribution in [-0.2, 0) is 7.05 Å². The Morgan fingerprint density at radius 2 is 2.09 bits per heavy atom. The molecule has 2 N–H and O–H groups in total. The van der Waals surface area contributed by atoms with Crippen LogP contribution in [0.1, 0.15) is 41.0 Å². The Balaban J connectivity index is 0.00000144. The van der Waals surface area contributed by atoms with Crippen LogP contribution in [0.3, 0.4) is 0 Å². The van der Waals surface area contributed by atoms with Crippen LogP contribution in [-0.4, -0.2) is 33.8 Å². The number of nitrogens with zero attached hydrogens (tertiary/aromatic N) is 2. The SMILES string of the molecule is Cc1nn(C)c2sc(C(=O)NC3CC4CCC(C3)N4)cc12.Cl. The molecule has 22 heavy (non-hydrogen) atoms. The zero-order valence-corrected chi connectivity index (χ0v) is 14.4. The van der Waals surface area contributed by atoms with Crippen molar-refractivity contribution in [2.75, 3.05) is 0 Å². The van der Waals surface area contributed by atoms with Crippen molar-refractivity contribution in [1.82, 2.24) is 20.4 Å². The van der Waals surface area contributed by atoms with E-state index in [0.717, 1.165) is 33.6 Å². The van der Waals surface area contributed by atoms with Crippen LogP contribution in [0.2, 0.25) is 0 Å². The van der Waals surface area contributed by atoms with Crippen molar-refractivity contribution < 1.29 is 4.79 Å². The molecule has 2 aromatic rings. The fourth-order valence-electron chi connectivity index (χ4n) is 3.75. The number of amides is 1. The van der Waals surface area contributed by atoms with Crippen molar-refractivity contribution in [3.63, 3.8) is 0 Å². The second kappa shape index (κ2) is 5.83. The Labute approximate surface area is 139 Å². The molecule has 2 fully saturated rings. The predicted molar refractivity (Wildman–Crippen MR) is 91.0 cm³/mol. The van der Waals surface area contributed by atoms with Gasteiger partial charge in [-0.3, -0.25) is 9.48 Å². The number of carbonyl (C=O) groups is 1. The average Bonchev–Trinajstić information content (AvgIpc) is 3.08. The van der Waals surface area contributed by atoms with Crippen LogP contribution in [0.25, 0.3) is 10.2 Å². The maximum Gasteiger partial charge on any atom is 0.261 e. The van der Waals surface area contributed by atoms with Crippen LogP contribution in [0.15, 0.2) is 6.07 Å². The van der Waals surface area contributed by atoms with E-state index in [1.54, 1.807) is 0 Å². The molecule has 2 atom stereocenters. The predicted octanol–water partition coefficient (Wildman–Crippen LogP) is 2.38. The van der Waals surface area contributed by atoms with E-state index < -0.39 is 0 Å². The number of hydrogen-bond donors (Lipinski definition) is 2. The van der Waals surface area contributed by atoms with Gasteiger partial charge >= 0.3 is 0 Å². The highest BCUT2D eigenvalue weighted by molar-refractivity contribution is 7.20. The standard InChI is InChI=1S/C15H20N4OS.ClH/c1-8-12-7-13(21-15(12)19(2)18-8)14(20)17-11-5-9-3-4-10(6-11)16-9;/h7,9-11,16H,3-6H2,1-2H3,(H,17,20);1H. The number of thiophene rings is 1. The molecule has 5 nitrogen and oxygen atoms in total. The van der Waals surface area contributed by atoms with Gasteiger partial charge in [-0.25, -0.2) is 0 Å².